The molecule has 1 unspecified atom stereocenters. The number of anilines is 1. The van der Waals surface area contributed by atoms with Gasteiger partial charge in [0.1, 0.15) is 23.5 Å². The van der Waals surface area contributed by atoms with Gasteiger partial charge in [-0.3, -0.25) is 4.79 Å². The van der Waals surface area contributed by atoms with Gasteiger partial charge in [0, 0.05) is 24.7 Å². The third-order valence-corrected chi connectivity index (χ3v) is 7.49. The molecule has 9 nitrogen and oxygen atoms in total. The van der Waals surface area contributed by atoms with Crippen LogP contribution < -0.4 is 20.4 Å². The Morgan fingerprint density at radius 2 is 1.97 bits per heavy atom. The Morgan fingerprint density at radius 3 is 2.57 bits per heavy atom. The van der Waals surface area contributed by atoms with Crippen LogP contribution in [0.5, 0.6) is 5.75 Å². The predicted molar refractivity (Wildman–Crippen MR) is 127 cm³/mol. The molecular weight excluding hydrogens is 457 g/mol. The van der Waals surface area contributed by atoms with Gasteiger partial charge in [0.2, 0.25) is 5.43 Å². The first kappa shape index (κ1) is 23.4. The zero-order chi connectivity index (χ0) is 25.5. The van der Waals surface area contributed by atoms with Crippen LogP contribution in [0.25, 0.3) is 10.9 Å². The number of ether oxygens (including phenoxy) is 2. The first-order valence-electron chi connectivity index (χ1n) is 11.8. The van der Waals surface area contributed by atoms with Crippen LogP contribution in [-0.2, 0) is 4.74 Å². The molecule has 2 N–H and O–H groups in total. The fourth-order valence-electron chi connectivity index (χ4n) is 5.52. The lowest BCUT2D eigenvalue weighted by molar-refractivity contribution is 0.0439. The molecule has 2 fully saturated rings. The Balaban J connectivity index is 1.59. The number of alkyl carbamates (subject to hydrolysis) is 1. The molecule has 2 aliphatic heterocycles. The molecule has 188 valence electrons. The molecule has 1 spiro atoms. The van der Waals surface area contributed by atoms with Gasteiger partial charge in [0.05, 0.1) is 22.5 Å². The lowest BCUT2D eigenvalue weighted by Gasteiger charge is -2.33. The van der Waals surface area contributed by atoms with Crippen LogP contribution in [0.15, 0.2) is 17.1 Å². The van der Waals surface area contributed by atoms with E-state index in [9.17, 15) is 19.5 Å². The van der Waals surface area contributed by atoms with Crippen LogP contribution in [-0.4, -0.2) is 52.6 Å². The molecule has 5 rings (SSSR count). The van der Waals surface area contributed by atoms with Crippen molar-refractivity contribution in [3.05, 3.63) is 33.9 Å². The summed E-state index contributed by atoms with van der Waals surface area (Å²) in [4.78, 5) is 39.0. The van der Waals surface area contributed by atoms with Crippen molar-refractivity contribution >= 4 is 28.7 Å². The number of nitrogens with one attached hydrogen (secondary N) is 1. The summed E-state index contributed by atoms with van der Waals surface area (Å²) in [5.41, 5.74) is -2.07. The fraction of sp³-hybridized carbons (Fsp3) is 0.560. The Hall–Kier alpha value is -3.30. The van der Waals surface area contributed by atoms with E-state index in [2.05, 4.69) is 5.32 Å². The Bertz CT molecular complexity index is 1330. The van der Waals surface area contributed by atoms with E-state index in [1.54, 1.807) is 25.3 Å². The molecule has 2 aromatic rings. The smallest absolute Gasteiger partial charge is 0.408 e. The number of nitrogens with zero attached hydrogens (tertiary/aromatic N) is 2. The third-order valence-electron chi connectivity index (χ3n) is 7.49. The largest absolute Gasteiger partial charge is 0.487 e. The average molecular weight is 488 g/mol. The number of benzene rings is 1. The number of aromatic nitrogens is 1. The van der Waals surface area contributed by atoms with Crippen molar-refractivity contribution in [1.82, 2.24) is 9.88 Å². The van der Waals surface area contributed by atoms with Gasteiger partial charge in [0.15, 0.2) is 11.6 Å². The van der Waals surface area contributed by atoms with E-state index < -0.39 is 40.0 Å². The maximum absolute atomic E-state index is 15.7. The molecule has 0 bridgehead atoms. The number of carbonyl (C=O) groups is 2. The number of amides is 1. The van der Waals surface area contributed by atoms with Crippen LogP contribution in [0.1, 0.15) is 63.9 Å². The molecule has 1 saturated carbocycles. The summed E-state index contributed by atoms with van der Waals surface area (Å²) < 4.78 is 28.8. The van der Waals surface area contributed by atoms with E-state index >= 15 is 4.39 Å². The monoisotopic (exact) mass is 487 g/mol. The van der Waals surface area contributed by atoms with Gasteiger partial charge >= 0.3 is 12.1 Å². The fourth-order valence-corrected chi connectivity index (χ4v) is 5.52. The minimum Gasteiger partial charge on any atom is -0.487 e. The predicted octanol–water partition coefficient (Wildman–Crippen LogP) is 3.68. The van der Waals surface area contributed by atoms with E-state index in [1.165, 1.54) is 6.20 Å². The van der Waals surface area contributed by atoms with Gasteiger partial charge in [-0.25, -0.2) is 14.0 Å². The van der Waals surface area contributed by atoms with E-state index in [-0.39, 0.29) is 34.9 Å². The highest BCUT2D eigenvalue weighted by Crippen LogP contribution is 2.60. The van der Waals surface area contributed by atoms with Crippen molar-refractivity contribution < 1.29 is 28.6 Å². The highest BCUT2D eigenvalue weighted by atomic mass is 19.1. The van der Waals surface area contributed by atoms with Crippen LogP contribution in [0.2, 0.25) is 0 Å². The van der Waals surface area contributed by atoms with Crippen LogP contribution >= 0.6 is 0 Å². The lowest BCUT2D eigenvalue weighted by Crippen LogP contribution is -2.54. The highest BCUT2D eigenvalue weighted by molar-refractivity contribution is 5.97. The quantitative estimate of drug-likeness (QED) is 0.680. The zero-order valence-corrected chi connectivity index (χ0v) is 20.5. The normalized spacial score (nSPS) is 24.4. The van der Waals surface area contributed by atoms with Gasteiger partial charge in [-0.2, -0.15) is 0 Å². The van der Waals surface area contributed by atoms with Crippen molar-refractivity contribution in [1.29, 1.82) is 0 Å². The molecule has 2 atom stereocenters. The van der Waals surface area contributed by atoms with Crippen LogP contribution in [0.4, 0.5) is 14.9 Å². The first-order chi connectivity index (χ1) is 16.3. The molecule has 1 saturated heterocycles. The number of halogens is 1. The summed E-state index contributed by atoms with van der Waals surface area (Å²) in [6.45, 7) is 10.2. The number of aromatic carboxylic acids is 1. The zero-order valence-electron chi connectivity index (χ0n) is 20.5. The number of hydrogen-bond donors (Lipinski definition) is 2. The third kappa shape index (κ3) is 3.61. The lowest BCUT2D eigenvalue weighted by atomic mass is 9.86. The van der Waals surface area contributed by atoms with Gasteiger partial charge in [-0.05, 0) is 53.5 Å². The molecule has 0 radical (unpaired) electrons. The second kappa shape index (κ2) is 7.35. The maximum atomic E-state index is 15.7. The number of carboxylic acid groups (broad SMARTS) is 1. The summed E-state index contributed by atoms with van der Waals surface area (Å²) in [6, 6.07) is 0.867. The van der Waals surface area contributed by atoms with Gasteiger partial charge < -0.3 is 29.4 Å². The maximum Gasteiger partial charge on any atom is 0.408 e. The molecular formula is C25H30FN3O6. The number of rotatable bonds is 3. The topological polar surface area (TPSA) is 110 Å². The summed E-state index contributed by atoms with van der Waals surface area (Å²) in [5, 5.41) is 12.5. The second-order valence-corrected chi connectivity index (χ2v) is 11.3. The van der Waals surface area contributed by atoms with Crippen molar-refractivity contribution in [2.45, 2.75) is 64.6 Å². The highest BCUT2D eigenvalue weighted by Gasteiger charge is 2.63. The van der Waals surface area contributed by atoms with Gasteiger partial charge in [-0.1, -0.05) is 0 Å². The van der Waals surface area contributed by atoms with E-state index in [0.717, 1.165) is 18.9 Å². The van der Waals surface area contributed by atoms with E-state index in [4.69, 9.17) is 9.47 Å². The molecule has 1 aromatic heterocycles. The molecule has 1 aromatic carbocycles. The number of carboxylic acids is 1. The van der Waals surface area contributed by atoms with E-state index in [0.29, 0.717) is 18.6 Å². The van der Waals surface area contributed by atoms with Crippen molar-refractivity contribution in [2.75, 3.05) is 24.6 Å². The van der Waals surface area contributed by atoms with Crippen molar-refractivity contribution in [3.63, 3.8) is 0 Å². The molecule has 10 heteroatoms. The number of hydrogen-bond acceptors (Lipinski definition) is 6. The van der Waals surface area contributed by atoms with Gasteiger partial charge in [0.25, 0.3) is 0 Å². The molecule has 1 aliphatic carbocycles. The molecule has 35 heavy (non-hydrogen) atoms. The molecule has 3 aliphatic rings. The second-order valence-electron chi connectivity index (χ2n) is 11.3. The number of pyridine rings is 1. The van der Waals surface area contributed by atoms with Crippen molar-refractivity contribution in [3.8, 4) is 5.75 Å². The van der Waals surface area contributed by atoms with Crippen LogP contribution in [0, 0.1) is 11.2 Å². The SMILES string of the molecule is C[C@H]1COc2c(N3CC4(CC4)C(C)(NC(=O)OC(C)(C)C)C3)c(F)cc3c(=O)c(C(=O)O)cn1c23. The summed E-state index contributed by atoms with van der Waals surface area (Å²) in [6.07, 6.45) is 2.55. The summed E-state index contributed by atoms with van der Waals surface area (Å²) in [5.74, 6) is -1.79. The first-order valence-corrected chi connectivity index (χ1v) is 11.8. The Morgan fingerprint density at radius 1 is 1.29 bits per heavy atom. The Kier molecular flexibility index (Phi) is 4.92. The van der Waals surface area contributed by atoms with E-state index in [1.807, 2.05) is 18.7 Å². The Labute approximate surface area is 201 Å². The van der Waals surface area contributed by atoms with Gasteiger partial charge in [-0.15, -0.1) is 0 Å². The summed E-state index contributed by atoms with van der Waals surface area (Å²) in [7, 11) is 0. The minimum atomic E-state index is -1.36. The molecule has 1 amide bonds. The average Bonchev–Trinajstić information content (AvgIpc) is 3.45. The van der Waals surface area contributed by atoms with Crippen molar-refractivity contribution in [2.24, 2.45) is 5.41 Å². The number of carbonyl (C=O) groups excluding carboxylic acids is 1. The summed E-state index contributed by atoms with van der Waals surface area (Å²) >= 11 is 0. The minimum absolute atomic E-state index is 0.0253. The van der Waals surface area contributed by atoms with Crippen LogP contribution in [0.3, 0.4) is 0 Å². The molecule has 3 heterocycles. The standard InChI is InChI=1S/C25H30FN3O6/c1-13-10-34-20-17-14(19(30)15(21(31)32)9-29(13)17)8-16(26)18(20)28-11-24(5,25(12-28)6-7-25)27-22(33)35-23(2,3)4/h8-9,13H,6-7,10-12H2,1-5H3,(H,27,33)(H,31,32)/t13-,24?/m0/s1.